The number of hydrogen-bond acceptors (Lipinski definition) is 3. The molecule has 2 rings (SSSR count). The average Bonchev–Trinajstić information content (AvgIpc) is 2.96. The van der Waals surface area contributed by atoms with Gasteiger partial charge in [-0.2, -0.15) is 11.3 Å². The third-order valence-electron chi connectivity index (χ3n) is 2.67. The van der Waals surface area contributed by atoms with Crippen LogP contribution in [0.25, 0.3) is 6.08 Å². The van der Waals surface area contributed by atoms with Crippen LogP contribution in [0.4, 0.5) is 0 Å². The van der Waals surface area contributed by atoms with Gasteiger partial charge in [-0.25, -0.2) is 0 Å². The summed E-state index contributed by atoms with van der Waals surface area (Å²) in [5, 5.41) is 6.45. The van der Waals surface area contributed by atoms with Gasteiger partial charge in [-0.05, 0) is 34.0 Å². The number of rotatable bonds is 5. The van der Waals surface area contributed by atoms with Crippen molar-refractivity contribution < 1.29 is 9.59 Å². The summed E-state index contributed by atoms with van der Waals surface area (Å²) in [6, 6.07) is 9.99. The van der Waals surface area contributed by atoms with Crippen LogP contribution in [0, 0.1) is 0 Å². The van der Waals surface area contributed by atoms with E-state index >= 15 is 0 Å². The molecule has 0 spiro atoms. The standard InChI is InChI=1S/C15H14N2O2S/c16-15(19)14(12-4-2-1-3-5-12)17-13(18)7-6-11-8-9-20-10-11/h1-10,14H,(H2,16,19)(H,17,18)/b7-6+. The highest BCUT2D eigenvalue weighted by atomic mass is 32.1. The van der Waals surface area contributed by atoms with E-state index in [1.807, 2.05) is 22.9 Å². The normalized spacial score (nSPS) is 12.2. The van der Waals surface area contributed by atoms with Crippen LogP contribution in [0.1, 0.15) is 17.2 Å². The highest BCUT2D eigenvalue weighted by Gasteiger charge is 2.18. The zero-order valence-electron chi connectivity index (χ0n) is 10.7. The van der Waals surface area contributed by atoms with Crippen LogP contribution < -0.4 is 11.1 Å². The monoisotopic (exact) mass is 286 g/mol. The van der Waals surface area contributed by atoms with E-state index in [1.54, 1.807) is 41.7 Å². The van der Waals surface area contributed by atoms with Gasteiger partial charge in [0.05, 0.1) is 0 Å². The van der Waals surface area contributed by atoms with Gasteiger partial charge in [-0.1, -0.05) is 30.3 Å². The number of nitrogens with two attached hydrogens (primary N) is 1. The molecule has 102 valence electrons. The largest absolute Gasteiger partial charge is 0.368 e. The molecular weight excluding hydrogens is 272 g/mol. The average molecular weight is 286 g/mol. The quantitative estimate of drug-likeness (QED) is 0.826. The van der Waals surface area contributed by atoms with Crippen molar-refractivity contribution in [2.75, 3.05) is 0 Å². The molecule has 20 heavy (non-hydrogen) atoms. The molecule has 4 nitrogen and oxygen atoms in total. The summed E-state index contributed by atoms with van der Waals surface area (Å²) < 4.78 is 0. The van der Waals surface area contributed by atoms with Gasteiger partial charge >= 0.3 is 0 Å². The first-order chi connectivity index (χ1) is 9.66. The number of primary amides is 1. The summed E-state index contributed by atoms with van der Waals surface area (Å²) in [4.78, 5) is 23.3. The summed E-state index contributed by atoms with van der Waals surface area (Å²) in [6.07, 6.45) is 3.08. The number of benzene rings is 1. The highest BCUT2D eigenvalue weighted by molar-refractivity contribution is 7.08. The molecule has 2 aromatic rings. The minimum atomic E-state index is -0.823. The minimum Gasteiger partial charge on any atom is -0.368 e. The lowest BCUT2D eigenvalue weighted by atomic mass is 10.1. The summed E-state index contributed by atoms with van der Waals surface area (Å²) in [6.45, 7) is 0. The lowest BCUT2D eigenvalue weighted by Gasteiger charge is -2.14. The van der Waals surface area contributed by atoms with Crippen molar-refractivity contribution in [3.05, 3.63) is 64.4 Å². The first-order valence-corrected chi connectivity index (χ1v) is 6.96. The Bertz CT molecular complexity index is 606. The Morgan fingerprint density at radius 3 is 2.55 bits per heavy atom. The molecule has 1 atom stereocenters. The molecule has 0 radical (unpaired) electrons. The molecule has 2 amide bonds. The molecule has 1 heterocycles. The van der Waals surface area contributed by atoms with Crippen molar-refractivity contribution in [1.82, 2.24) is 5.32 Å². The van der Waals surface area contributed by atoms with Crippen LogP contribution in [0.15, 0.2) is 53.2 Å². The Kier molecular flexibility index (Phi) is 4.68. The summed E-state index contributed by atoms with van der Waals surface area (Å²) in [5.41, 5.74) is 6.94. The molecule has 0 fully saturated rings. The van der Waals surface area contributed by atoms with Crippen LogP contribution >= 0.6 is 11.3 Å². The van der Waals surface area contributed by atoms with Gasteiger partial charge in [0, 0.05) is 6.08 Å². The van der Waals surface area contributed by atoms with Crippen LogP contribution in [0.2, 0.25) is 0 Å². The van der Waals surface area contributed by atoms with Crippen LogP contribution in [-0.2, 0) is 9.59 Å². The third-order valence-corrected chi connectivity index (χ3v) is 3.38. The van der Waals surface area contributed by atoms with E-state index in [-0.39, 0.29) is 5.91 Å². The molecule has 1 aromatic heterocycles. The summed E-state index contributed by atoms with van der Waals surface area (Å²) >= 11 is 1.55. The summed E-state index contributed by atoms with van der Waals surface area (Å²) in [5.74, 6) is -0.947. The second kappa shape index (κ2) is 6.68. The number of carbonyl (C=O) groups is 2. The molecule has 5 heteroatoms. The van der Waals surface area contributed by atoms with Crippen molar-refractivity contribution in [3.63, 3.8) is 0 Å². The van der Waals surface area contributed by atoms with Gasteiger partial charge in [0.15, 0.2) is 0 Å². The van der Waals surface area contributed by atoms with Gasteiger partial charge in [-0.3, -0.25) is 9.59 Å². The zero-order chi connectivity index (χ0) is 14.4. The molecule has 1 aromatic carbocycles. The van der Waals surface area contributed by atoms with Crippen LogP contribution in [-0.4, -0.2) is 11.8 Å². The molecule has 0 aliphatic carbocycles. The topological polar surface area (TPSA) is 72.2 Å². The highest BCUT2D eigenvalue weighted by Crippen LogP contribution is 2.12. The molecule has 3 N–H and O–H groups in total. The van der Waals surface area contributed by atoms with Gasteiger partial charge < -0.3 is 11.1 Å². The predicted octanol–water partition coefficient (Wildman–Crippen LogP) is 2.10. The summed E-state index contributed by atoms with van der Waals surface area (Å²) in [7, 11) is 0. The first-order valence-electron chi connectivity index (χ1n) is 6.02. The SMILES string of the molecule is NC(=O)C(NC(=O)/C=C/c1ccsc1)c1ccccc1. The van der Waals surface area contributed by atoms with E-state index in [1.165, 1.54) is 6.08 Å². The lowest BCUT2D eigenvalue weighted by Crippen LogP contribution is -2.36. The number of amides is 2. The fraction of sp³-hybridized carbons (Fsp3) is 0.0667. The maximum atomic E-state index is 11.8. The Labute approximate surface area is 120 Å². The molecular formula is C15H14N2O2S. The van der Waals surface area contributed by atoms with Crippen molar-refractivity contribution in [1.29, 1.82) is 0 Å². The van der Waals surface area contributed by atoms with E-state index in [9.17, 15) is 9.59 Å². The van der Waals surface area contributed by atoms with Crippen molar-refractivity contribution in [2.45, 2.75) is 6.04 Å². The van der Waals surface area contributed by atoms with E-state index in [0.717, 1.165) is 5.56 Å². The molecule has 0 aliphatic heterocycles. The molecule has 0 aliphatic rings. The van der Waals surface area contributed by atoms with Gasteiger partial charge in [0.2, 0.25) is 11.8 Å². The minimum absolute atomic E-state index is 0.358. The number of hydrogen-bond donors (Lipinski definition) is 2. The smallest absolute Gasteiger partial charge is 0.244 e. The van der Waals surface area contributed by atoms with Crippen molar-refractivity contribution in [2.24, 2.45) is 5.73 Å². The second-order valence-corrected chi connectivity index (χ2v) is 4.92. The van der Waals surface area contributed by atoms with Gasteiger partial charge in [0.1, 0.15) is 6.04 Å². The van der Waals surface area contributed by atoms with E-state index in [2.05, 4.69) is 5.32 Å². The van der Waals surface area contributed by atoms with E-state index in [4.69, 9.17) is 5.73 Å². The molecule has 1 unspecified atom stereocenters. The van der Waals surface area contributed by atoms with Crippen molar-refractivity contribution >= 4 is 29.2 Å². The number of thiophene rings is 1. The number of carbonyl (C=O) groups excluding carboxylic acids is 2. The zero-order valence-corrected chi connectivity index (χ0v) is 11.5. The molecule has 0 bridgehead atoms. The maximum Gasteiger partial charge on any atom is 0.244 e. The molecule has 0 saturated heterocycles. The third kappa shape index (κ3) is 3.80. The van der Waals surface area contributed by atoms with Crippen molar-refractivity contribution in [3.8, 4) is 0 Å². The Hall–Kier alpha value is -2.40. The fourth-order valence-corrected chi connectivity index (χ4v) is 2.32. The predicted molar refractivity (Wildman–Crippen MR) is 79.9 cm³/mol. The Morgan fingerprint density at radius 1 is 1.20 bits per heavy atom. The van der Waals surface area contributed by atoms with Crippen LogP contribution in [0.5, 0.6) is 0 Å². The van der Waals surface area contributed by atoms with E-state index in [0.29, 0.717) is 5.56 Å². The Morgan fingerprint density at radius 2 is 1.95 bits per heavy atom. The first kappa shape index (κ1) is 14.0. The second-order valence-electron chi connectivity index (χ2n) is 4.14. The Balaban J connectivity index is 2.05. The fourth-order valence-electron chi connectivity index (χ4n) is 1.70. The van der Waals surface area contributed by atoms with Gasteiger partial charge in [-0.15, -0.1) is 0 Å². The van der Waals surface area contributed by atoms with Crippen LogP contribution in [0.3, 0.4) is 0 Å². The molecule has 0 saturated carbocycles. The van der Waals surface area contributed by atoms with Gasteiger partial charge in [0.25, 0.3) is 0 Å². The lowest BCUT2D eigenvalue weighted by molar-refractivity contribution is -0.125. The number of nitrogens with one attached hydrogen (secondary N) is 1. The maximum absolute atomic E-state index is 11.8. The van der Waals surface area contributed by atoms with E-state index < -0.39 is 11.9 Å².